The van der Waals surface area contributed by atoms with Gasteiger partial charge in [0.25, 0.3) is 0 Å². The van der Waals surface area contributed by atoms with Crippen LogP contribution in [-0.2, 0) is 0 Å². The summed E-state index contributed by atoms with van der Waals surface area (Å²) >= 11 is 0. The summed E-state index contributed by atoms with van der Waals surface area (Å²) in [6, 6.07) is 58.7. The number of hydrogen-bond acceptors (Lipinski definition) is 4. The molecule has 0 amide bonds. The van der Waals surface area contributed by atoms with Crippen LogP contribution < -0.4 is 4.90 Å². The Morgan fingerprint density at radius 2 is 0.979 bits per heavy atom. The highest BCUT2D eigenvalue weighted by Gasteiger charge is 2.18. The van der Waals surface area contributed by atoms with Crippen molar-refractivity contribution < 1.29 is 8.83 Å². The molecule has 0 saturated heterocycles. The second-order valence-corrected chi connectivity index (χ2v) is 11.6. The molecule has 4 heteroatoms. The van der Waals surface area contributed by atoms with Gasteiger partial charge in [-0.2, -0.15) is 0 Å². The van der Waals surface area contributed by atoms with E-state index in [1.165, 1.54) is 11.1 Å². The van der Waals surface area contributed by atoms with E-state index < -0.39 is 0 Å². The summed E-state index contributed by atoms with van der Waals surface area (Å²) in [6.45, 7) is 0. The predicted molar refractivity (Wildman–Crippen MR) is 192 cm³/mol. The Hall–Kier alpha value is -6.39. The zero-order valence-corrected chi connectivity index (χ0v) is 25.4. The maximum Gasteiger partial charge on any atom is 0.227 e. The molecule has 0 bridgehead atoms. The first-order valence-electron chi connectivity index (χ1n) is 15.7. The third-order valence-electron chi connectivity index (χ3n) is 8.71. The Labute approximate surface area is 271 Å². The summed E-state index contributed by atoms with van der Waals surface area (Å²) in [4.78, 5) is 7.04. The number of para-hydroxylation sites is 1. The molecule has 0 atom stereocenters. The van der Waals surface area contributed by atoms with Crippen LogP contribution in [-0.4, -0.2) is 4.98 Å². The molecule has 9 rings (SSSR count). The van der Waals surface area contributed by atoms with E-state index in [9.17, 15) is 0 Å². The molecular weight excluding hydrogens is 576 g/mol. The average molecular weight is 605 g/mol. The number of anilines is 3. The van der Waals surface area contributed by atoms with Crippen LogP contribution in [0.25, 0.3) is 66.7 Å². The molecule has 7 aromatic carbocycles. The topological polar surface area (TPSA) is 42.4 Å². The van der Waals surface area contributed by atoms with Crippen molar-refractivity contribution in [3.8, 4) is 33.7 Å². The van der Waals surface area contributed by atoms with Crippen LogP contribution in [0.3, 0.4) is 0 Å². The molecule has 47 heavy (non-hydrogen) atoms. The maximum atomic E-state index is 6.37. The molecule has 0 aliphatic carbocycles. The van der Waals surface area contributed by atoms with Crippen molar-refractivity contribution in [3.05, 3.63) is 170 Å². The Balaban J connectivity index is 1.11. The third kappa shape index (κ3) is 4.84. The maximum absolute atomic E-state index is 6.37. The first-order chi connectivity index (χ1) is 23.3. The fourth-order valence-corrected chi connectivity index (χ4v) is 6.44. The summed E-state index contributed by atoms with van der Waals surface area (Å²) in [5.74, 6) is 0.603. The number of hydrogen-bond donors (Lipinski definition) is 0. The van der Waals surface area contributed by atoms with Crippen molar-refractivity contribution in [2.24, 2.45) is 0 Å². The number of nitrogens with zero attached hydrogens (tertiary/aromatic N) is 2. The predicted octanol–water partition coefficient (Wildman–Crippen LogP) is 12.2. The van der Waals surface area contributed by atoms with E-state index in [0.717, 1.165) is 66.8 Å². The molecule has 0 saturated carbocycles. The molecule has 0 unspecified atom stereocenters. The lowest BCUT2D eigenvalue weighted by Gasteiger charge is -2.26. The fourth-order valence-electron chi connectivity index (χ4n) is 6.44. The minimum atomic E-state index is 0.603. The van der Waals surface area contributed by atoms with Gasteiger partial charge in [-0.25, -0.2) is 4.98 Å². The lowest BCUT2D eigenvalue weighted by atomic mass is 9.99. The van der Waals surface area contributed by atoms with Gasteiger partial charge in [0.2, 0.25) is 5.89 Å². The molecule has 0 aliphatic rings. The molecule has 0 spiro atoms. The first kappa shape index (κ1) is 27.0. The average Bonchev–Trinajstić information content (AvgIpc) is 3.73. The zero-order valence-electron chi connectivity index (χ0n) is 25.4. The van der Waals surface area contributed by atoms with Crippen LogP contribution in [0, 0.1) is 0 Å². The molecule has 9 aromatic rings. The van der Waals surface area contributed by atoms with Crippen molar-refractivity contribution >= 4 is 50.1 Å². The largest absolute Gasteiger partial charge is 0.456 e. The summed E-state index contributed by atoms with van der Waals surface area (Å²) in [5.41, 5.74) is 12.0. The summed E-state index contributed by atoms with van der Waals surface area (Å²) in [7, 11) is 0. The van der Waals surface area contributed by atoms with Crippen molar-refractivity contribution in [2.45, 2.75) is 0 Å². The molecule has 222 valence electrons. The van der Waals surface area contributed by atoms with Gasteiger partial charge < -0.3 is 13.7 Å². The summed E-state index contributed by atoms with van der Waals surface area (Å²) < 4.78 is 12.6. The molecular formula is C43H28N2O2. The molecule has 0 radical (unpaired) electrons. The Morgan fingerprint density at radius 1 is 0.404 bits per heavy atom. The highest BCUT2D eigenvalue weighted by atomic mass is 16.4. The minimum Gasteiger partial charge on any atom is -0.456 e. The normalized spacial score (nSPS) is 11.4. The van der Waals surface area contributed by atoms with Crippen LogP contribution in [0.4, 0.5) is 17.1 Å². The molecule has 2 heterocycles. The lowest BCUT2D eigenvalue weighted by Crippen LogP contribution is -2.09. The molecule has 0 fully saturated rings. The van der Waals surface area contributed by atoms with E-state index in [4.69, 9.17) is 13.8 Å². The van der Waals surface area contributed by atoms with Crippen molar-refractivity contribution in [2.75, 3.05) is 4.90 Å². The number of benzene rings is 7. The molecule has 0 N–H and O–H groups in total. The first-order valence-corrected chi connectivity index (χ1v) is 15.7. The second kappa shape index (κ2) is 11.2. The van der Waals surface area contributed by atoms with E-state index in [0.29, 0.717) is 5.89 Å². The van der Waals surface area contributed by atoms with Crippen LogP contribution in [0.2, 0.25) is 0 Å². The number of rotatable bonds is 6. The zero-order chi connectivity index (χ0) is 31.2. The second-order valence-electron chi connectivity index (χ2n) is 11.6. The van der Waals surface area contributed by atoms with E-state index in [2.05, 4.69) is 114 Å². The summed E-state index contributed by atoms with van der Waals surface area (Å²) in [5, 5.41) is 2.07. The fraction of sp³-hybridized carbons (Fsp3) is 0. The van der Waals surface area contributed by atoms with Gasteiger partial charge in [0, 0.05) is 39.5 Å². The van der Waals surface area contributed by atoms with Crippen LogP contribution in [0.1, 0.15) is 0 Å². The van der Waals surface area contributed by atoms with Crippen molar-refractivity contribution in [1.82, 2.24) is 4.98 Å². The summed E-state index contributed by atoms with van der Waals surface area (Å²) in [6.07, 6.45) is 0. The van der Waals surface area contributed by atoms with Gasteiger partial charge >= 0.3 is 0 Å². The van der Waals surface area contributed by atoms with Crippen molar-refractivity contribution in [3.63, 3.8) is 0 Å². The monoisotopic (exact) mass is 604 g/mol. The highest BCUT2D eigenvalue weighted by molar-refractivity contribution is 6.15. The standard InChI is InChI=1S/C43H28N2O2/c1-4-11-29(12-5-1)30-19-23-34(24-20-30)45(33-15-8-3-9-16-33)35-25-21-31(22-26-35)36-17-10-18-39-42(36)37-27-41-38(28-40(37)46-39)44-43(47-41)32-13-6-2-7-14-32/h1-28H. The number of fused-ring (bicyclic) bond motifs is 4. The van der Waals surface area contributed by atoms with Crippen molar-refractivity contribution in [1.29, 1.82) is 0 Å². The van der Waals surface area contributed by atoms with Gasteiger partial charge in [-0.15, -0.1) is 0 Å². The van der Waals surface area contributed by atoms with Gasteiger partial charge in [-0.1, -0.05) is 103 Å². The Bertz CT molecular complexity index is 2480. The Kier molecular flexibility index (Phi) is 6.43. The smallest absolute Gasteiger partial charge is 0.227 e. The van der Waals surface area contributed by atoms with Gasteiger partial charge in [0.05, 0.1) is 0 Å². The SMILES string of the molecule is c1ccc(-c2ccc(N(c3ccccc3)c3ccc(-c4cccc5oc6cc7nc(-c8ccccc8)oc7cc6c45)cc3)cc2)cc1. The van der Waals surface area contributed by atoms with E-state index in [1.807, 2.05) is 60.7 Å². The highest BCUT2D eigenvalue weighted by Crippen LogP contribution is 2.41. The van der Waals surface area contributed by atoms with Gasteiger partial charge in [0.1, 0.15) is 16.7 Å². The third-order valence-corrected chi connectivity index (χ3v) is 8.71. The van der Waals surface area contributed by atoms with Crippen LogP contribution in [0.5, 0.6) is 0 Å². The molecule has 4 nitrogen and oxygen atoms in total. The number of aromatic nitrogens is 1. The van der Waals surface area contributed by atoms with Gasteiger partial charge in [0.15, 0.2) is 5.58 Å². The number of oxazole rings is 1. The van der Waals surface area contributed by atoms with E-state index >= 15 is 0 Å². The lowest BCUT2D eigenvalue weighted by molar-refractivity contribution is 0.620. The molecule has 2 aromatic heterocycles. The van der Waals surface area contributed by atoms with Crippen LogP contribution >= 0.6 is 0 Å². The van der Waals surface area contributed by atoms with E-state index in [-0.39, 0.29) is 0 Å². The Morgan fingerprint density at radius 3 is 1.66 bits per heavy atom. The molecule has 0 aliphatic heterocycles. The van der Waals surface area contributed by atoms with Gasteiger partial charge in [-0.05, 0) is 82.9 Å². The quantitative estimate of drug-likeness (QED) is 0.189. The van der Waals surface area contributed by atoms with E-state index in [1.54, 1.807) is 0 Å². The number of furan rings is 1. The van der Waals surface area contributed by atoms with Gasteiger partial charge in [-0.3, -0.25) is 0 Å². The minimum absolute atomic E-state index is 0.603. The van der Waals surface area contributed by atoms with Crippen LogP contribution in [0.15, 0.2) is 179 Å².